The molecular formula is C11H18N4S. The highest BCUT2D eigenvalue weighted by molar-refractivity contribution is 7.09. The average Bonchev–Trinajstić information content (AvgIpc) is 2.92. The highest BCUT2D eigenvalue weighted by Crippen LogP contribution is 2.12. The summed E-state index contributed by atoms with van der Waals surface area (Å²) in [5, 5.41) is 3.40. The molecule has 0 aromatic carbocycles. The summed E-state index contributed by atoms with van der Waals surface area (Å²) in [4.78, 5) is 12.2. The fraction of sp³-hybridized carbons (Fsp3) is 0.636. The highest BCUT2D eigenvalue weighted by atomic mass is 32.1. The molecule has 1 aromatic rings. The first-order chi connectivity index (χ1) is 7.81. The maximum atomic E-state index is 4.31. The van der Waals surface area contributed by atoms with Gasteiger partial charge in [0.05, 0.1) is 17.7 Å². The van der Waals surface area contributed by atoms with Crippen molar-refractivity contribution in [2.24, 2.45) is 4.99 Å². The van der Waals surface area contributed by atoms with E-state index in [4.69, 9.17) is 0 Å². The normalized spacial score (nSPS) is 16.9. The number of guanidine groups is 1. The number of nitrogens with zero attached hydrogens (tertiary/aromatic N) is 3. The standard InChI is InChI=1S/C11H18N4S/c1-9-10(16-8-14-9)7-13-11(12-2)15-5-3-4-6-15/h8H,3-7H2,1-2H3,(H,12,13). The van der Waals surface area contributed by atoms with Crippen molar-refractivity contribution in [3.8, 4) is 0 Å². The van der Waals surface area contributed by atoms with Crippen LogP contribution in [0.5, 0.6) is 0 Å². The molecule has 1 aromatic heterocycles. The zero-order valence-corrected chi connectivity index (χ0v) is 10.7. The van der Waals surface area contributed by atoms with Crippen molar-refractivity contribution in [2.45, 2.75) is 26.3 Å². The number of nitrogens with one attached hydrogen (secondary N) is 1. The number of thiazole rings is 1. The number of hydrogen-bond donors (Lipinski definition) is 1. The van der Waals surface area contributed by atoms with Crippen LogP contribution in [0.1, 0.15) is 23.4 Å². The van der Waals surface area contributed by atoms with Crippen LogP contribution >= 0.6 is 11.3 Å². The molecule has 0 atom stereocenters. The SMILES string of the molecule is CN=C(NCc1scnc1C)N1CCCC1. The molecule has 2 heterocycles. The van der Waals surface area contributed by atoms with E-state index in [2.05, 4.69) is 20.2 Å². The van der Waals surface area contributed by atoms with E-state index in [1.54, 1.807) is 11.3 Å². The highest BCUT2D eigenvalue weighted by Gasteiger charge is 2.15. The first kappa shape index (κ1) is 11.4. The molecule has 1 aliphatic rings. The summed E-state index contributed by atoms with van der Waals surface area (Å²) in [5.41, 5.74) is 3.01. The van der Waals surface area contributed by atoms with Crippen LogP contribution in [0, 0.1) is 6.92 Å². The molecule has 0 aliphatic carbocycles. The summed E-state index contributed by atoms with van der Waals surface area (Å²) in [6.07, 6.45) is 2.56. The van der Waals surface area contributed by atoms with Crippen molar-refractivity contribution >= 4 is 17.3 Å². The van der Waals surface area contributed by atoms with Crippen LogP contribution in [-0.2, 0) is 6.54 Å². The minimum atomic E-state index is 0.833. The van der Waals surface area contributed by atoms with Crippen LogP contribution in [0.25, 0.3) is 0 Å². The lowest BCUT2D eigenvalue weighted by Gasteiger charge is -2.20. The van der Waals surface area contributed by atoms with E-state index >= 15 is 0 Å². The van der Waals surface area contributed by atoms with Gasteiger partial charge in [-0.05, 0) is 19.8 Å². The molecule has 0 unspecified atom stereocenters. The first-order valence-corrected chi connectivity index (χ1v) is 6.54. The lowest BCUT2D eigenvalue weighted by atomic mass is 10.4. The smallest absolute Gasteiger partial charge is 0.193 e. The Bertz CT molecular complexity index is 366. The Morgan fingerprint density at radius 1 is 1.56 bits per heavy atom. The third-order valence-corrected chi connectivity index (χ3v) is 3.80. The van der Waals surface area contributed by atoms with Gasteiger partial charge in [0.1, 0.15) is 0 Å². The molecule has 0 amide bonds. The van der Waals surface area contributed by atoms with Gasteiger partial charge in [0.2, 0.25) is 0 Å². The van der Waals surface area contributed by atoms with Gasteiger partial charge in [0, 0.05) is 25.0 Å². The molecule has 0 saturated carbocycles. The summed E-state index contributed by atoms with van der Waals surface area (Å²) in [6, 6.07) is 0. The Labute approximate surface area is 100 Å². The van der Waals surface area contributed by atoms with Gasteiger partial charge in [0.25, 0.3) is 0 Å². The summed E-state index contributed by atoms with van der Waals surface area (Å²) in [7, 11) is 1.85. The number of likely N-dealkylation sites (tertiary alicyclic amines) is 1. The number of rotatable bonds is 2. The van der Waals surface area contributed by atoms with E-state index < -0.39 is 0 Å². The third kappa shape index (κ3) is 2.52. The Balaban J connectivity index is 1.90. The molecule has 88 valence electrons. The van der Waals surface area contributed by atoms with Crippen LogP contribution in [0.4, 0.5) is 0 Å². The van der Waals surface area contributed by atoms with Crippen molar-refractivity contribution in [3.63, 3.8) is 0 Å². The predicted molar refractivity (Wildman–Crippen MR) is 67.9 cm³/mol. The maximum Gasteiger partial charge on any atom is 0.193 e. The monoisotopic (exact) mass is 238 g/mol. The molecule has 0 radical (unpaired) electrons. The minimum Gasteiger partial charge on any atom is -0.351 e. The summed E-state index contributed by atoms with van der Waals surface area (Å²) in [5.74, 6) is 1.02. The second kappa shape index (κ2) is 5.30. The fourth-order valence-electron chi connectivity index (χ4n) is 1.92. The number of hydrogen-bond acceptors (Lipinski definition) is 3. The topological polar surface area (TPSA) is 40.5 Å². The fourth-order valence-corrected chi connectivity index (χ4v) is 2.63. The molecule has 1 fully saturated rings. The average molecular weight is 238 g/mol. The van der Waals surface area contributed by atoms with Crippen molar-refractivity contribution in [1.29, 1.82) is 0 Å². The molecule has 2 rings (SSSR count). The van der Waals surface area contributed by atoms with Gasteiger partial charge in [-0.1, -0.05) is 0 Å². The lowest BCUT2D eigenvalue weighted by molar-refractivity contribution is 0.494. The number of aromatic nitrogens is 1. The second-order valence-electron chi connectivity index (χ2n) is 3.96. The Morgan fingerprint density at radius 2 is 2.31 bits per heavy atom. The third-order valence-electron chi connectivity index (χ3n) is 2.87. The van der Waals surface area contributed by atoms with Gasteiger partial charge in [-0.15, -0.1) is 11.3 Å². The van der Waals surface area contributed by atoms with E-state index in [0.717, 1.165) is 31.3 Å². The van der Waals surface area contributed by atoms with Gasteiger partial charge in [-0.25, -0.2) is 4.98 Å². The molecule has 0 spiro atoms. The Hall–Kier alpha value is -1.10. The second-order valence-corrected chi connectivity index (χ2v) is 4.90. The number of aliphatic imine (C=N–C) groups is 1. The molecule has 4 nitrogen and oxygen atoms in total. The van der Waals surface area contributed by atoms with Gasteiger partial charge in [-0.3, -0.25) is 4.99 Å². The summed E-state index contributed by atoms with van der Waals surface area (Å²) < 4.78 is 0. The predicted octanol–water partition coefficient (Wildman–Crippen LogP) is 1.62. The molecule has 1 N–H and O–H groups in total. The van der Waals surface area contributed by atoms with E-state index in [1.807, 2.05) is 19.5 Å². The van der Waals surface area contributed by atoms with Gasteiger partial charge in [-0.2, -0.15) is 0 Å². The Morgan fingerprint density at radius 3 is 2.88 bits per heavy atom. The van der Waals surface area contributed by atoms with Crippen LogP contribution in [0.15, 0.2) is 10.5 Å². The lowest BCUT2D eigenvalue weighted by Crippen LogP contribution is -2.39. The Kier molecular flexibility index (Phi) is 3.77. The largest absolute Gasteiger partial charge is 0.351 e. The summed E-state index contributed by atoms with van der Waals surface area (Å²) >= 11 is 1.70. The number of aryl methyl sites for hydroxylation is 1. The zero-order valence-electron chi connectivity index (χ0n) is 9.86. The molecule has 5 heteroatoms. The van der Waals surface area contributed by atoms with Crippen molar-refractivity contribution < 1.29 is 0 Å². The van der Waals surface area contributed by atoms with Gasteiger partial charge < -0.3 is 10.2 Å². The molecular weight excluding hydrogens is 220 g/mol. The van der Waals surface area contributed by atoms with E-state index in [1.165, 1.54) is 17.7 Å². The van der Waals surface area contributed by atoms with Gasteiger partial charge >= 0.3 is 0 Å². The maximum absolute atomic E-state index is 4.31. The van der Waals surface area contributed by atoms with E-state index in [0.29, 0.717) is 0 Å². The van der Waals surface area contributed by atoms with Crippen molar-refractivity contribution in [3.05, 3.63) is 16.1 Å². The molecule has 1 aliphatic heterocycles. The van der Waals surface area contributed by atoms with Crippen LogP contribution in [-0.4, -0.2) is 36.0 Å². The first-order valence-electron chi connectivity index (χ1n) is 5.66. The molecule has 0 bridgehead atoms. The quantitative estimate of drug-likeness (QED) is 0.629. The van der Waals surface area contributed by atoms with Crippen molar-refractivity contribution in [2.75, 3.05) is 20.1 Å². The van der Waals surface area contributed by atoms with E-state index in [9.17, 15) is 0 Å². The molecule has 1 saturated heterocycles. The minimum absolute atomic E-state index is 0.833. The van der Waals surface area contributed by atoms with Crippen LogP contribution < -0.4 is 5.32 Å². The van der Waals surface area contributed by atoms with E-state index in [-0.39, 0.29) is 0 Å². The van der Waals surface area contributed by atoms with Crippen LogP contribution in [0.2, 0.25) is 0 Å². The van der Waals surface area contributed by atoms with Gasteiger partial charge in [0.15, 0.2) is 5.96 Å². The van der Waals surface area contributed by atoms with Crippen molar-refractivity contribution in [1.82, 2.24) is 15.2 Å². The van der Waals surface area contributed by atoms with Crippen LogP contribution in [0.3, 0.4) is 0 Å². The molecule has 16 heavy (non-hydrogen) atoms. The zero-order chi connectivity index (χ0) is 11.4. The summed E-state index contributed by atoms with van der Waals surface area (Å²) in [6.45, 7) is 5.13.